The minimum Gasteiger partial charge on any atom is -0.392 e. The number of hydrogen-bond acceptors (Lipinski definition) is 2. The first-order valence-electron chi connectivity index (χ1n) is 5.48. The Bertz CT molecular complexity index is 352. The van der Waals surface area contributed by atoms with Crippen molar-refractivity contribution in [1.82, 2.24) is 0 Å². The van der Waals surface area contributed by atoms with Gasteiger partial charge in [0.05, 0.1) is 17.3 Å². The molecule has 1 aromatic rings. The average Bonchev–Trinajstić information content (AvgIpc) is 2.29. The lowest BCUT2D eigenvalue weighted by molar-refractivity contribution is 0.282. The third kappa shape index (κ3) is 3.26. The van der Waals surface area contributed by atoms with Crippen LogP contribution in [0.25, 0.3) is 0 Å². The second-order valence-corrected chi connectivity index (χ2v) is 4.09. The smallest absolute Gasteiger partial charge is 0.0682 e. The highest BCUT2D eigenvalue weighted by atomic mass is 35.5. The van der Waals surface area contributed by atoms with E-state index in [0.29, 0.717) is 5.02 Å². The molecule has 0 aliphatic heterocycles. The fraction of sp³-hybridized carbons (Fsp3) is 0.385. The van der Waals surface area contributed by atoms with Crippen LogP contribution in [0.5, 0.6) is 0 Å². The van der Waals surface area contributed by atoms with Crippen LogP contribution in [0.2, 0.25) is 5.02 Å². The molecule has 0 saturated heterocycles. The lowest BCUT2D eigenvalue weighted by Gasteiger charge is -2.24. The number of anilines is 1. The maximum Gasteiger partial charge on any atom is 0.0682 e. The SMILES string of the molecule is C=CCN(CCC)c1ccc(CO)cc1Cl. The highest BCUT2D eigenvalue weighted by Gasteiger charge is 2.08. The van der Waals surface area contributed by atoms with E-state index in [1.165, 1.54) is 0 Å². The molecule has 0 saturated carbocycles. The van der Waals surface area contributed by atoms with Crippen molar-refractivity contribution in [2.45, 2.75) is 20.0 Å². The van der Waals surface area contributed by atoms with Crippen molar-refractivity contribution in [1.29, 1.82) is 0 Å². The van der Waals surface area contributed by atoms with Crippen LogP contribution < -0.4 is 4.90 Å². The van der Waals surface area contributed by atoms with E-state index in [0.717, 1.165) is 30.8 Å². The number of benzene rings is 1. The van der Waals surface area contributed by atoms with Gasteiger partial charge in [0.25, 0.3) is 0 Å². The fourth-order valence-electron chi connectivity index (χ4n) is 1.64. The van der Waals surface area contributed by atoms with Crippen LogP contribution in [-0.4, -0.2) is 18.2 Å². The third-order valence-electron chi connectivity index (χ3n) is 2.38. The molecule has 0 radical (unpaired) electrons. The summed E-state index contributed by atoms with van der Waals surface area (Å²) in [5.41, 5.74) is 1.84. The van der Waals surface area contributed by atoms with Gasteiger partial charge in [-0.05, 0) is 24.1 Å². The first-order valence-corrected chi connectivity index (χ1v) is 5.85. The van der Waals surface area contributed by atoms with Gasteiger partial charge in [-0.15, -0.1) is 6.58 Å². The van der Waals surface area contributed by atoms with Gasteiger partial charge in [0, 0.05) is 13.1 Å². The van der Waals surface area contributed by atoms with Gasteiger partial charge in [0.15, 0.2) is 0 Å². The number of aliphatic hydroxyl groups excluding tert-OH is 1. The molecule has 0 aliphatic carbocycles. The summed E-state index contributed by atoms with van der Waals surface area (Å²) in [5.74, 6) is 0. The number of hydrogen-bond donors (Lipinski definition) is 1. The molecule has 88 valence electrons. The zero-order valence-corrected chi connectivity index (χ0v) is 10.4. The Hall–Kier alpha value is -0.990. The maximum absolute atomic E-state index is 9.01. The Morgan fingerprint density at radius 2 is 2.25 bits per heavy atom. The zero-order valence-electron chi connectivity index (χ0n) is 9.62. The predicted molar refractivity (Wildman–Crippen MR) is 70.1 cm³/mol. The van der Waals surface area contributed by atoms with Gasteiger partial charge < -0.3 is 10.0 Å². The summed E-state index contributed by atoms with van der Waals surface area (Å²) in [5, 5.41) is 9.69. The second-order valence-electron chi connectivity index (χ2n) is 3.68. The normalized spacial score (nSPS) is 10.2. The molecule has 0 spiro atoms. The standard InChI is InChI=1S/C13H18ClNO/c1-3-7-15(8-4-2)13-6-5-11(10-16)9-12(13)14/h3,5-6,9,16H,1,4,7-8,10H2,2H3. The van der Waals surface area contributed by atoms with Crippen molar-refractivity contribution in [3.05, 3.63) is 41.4 Å². The molecule has 1 N–H and O–H groups in total. The van der Waals surface area contributed by atoms with Crippen LogP contribution in [0.3, 0.4) is 0 Å². The first-order chi connectivity index (χ1) is 7.72. The monoisotopic (exact) mass is 239 g/mol. The van der Waals surface area contributed by atoms with Crippen molar-refractivity contribution in [3.63, 3.8) is 0 Å². The molecule has 16 heavy (non-hydrogen) atoms. The zero-order chi connectivity index (χ0) is 12.0. The Balaban J connectivity index is 2.94. The van der Waals surface area contributed by atoms with Gasteiger partial charge >= 0.3 is 0 Å². The van der Waals surface area contributed by atoms with Gasteiger partial charge in [-0.25, -0.2) is 0 Å². The number of nitrogens with zero attached hydrogens (tertiary/aromatic N) is 1. The summed E-state index contributed by atoms with van der Waals surface area (Å²) in [6, 6.07) is 5.66. The minimum absolute atomic E-state index is 0.0231. The summed E-state index contributed by atoms with van der Waals surface area (Å²) < 4.78 is 0. The van der Waals surface area contributed by atoms with Crippen LogP contribution in [0.1, 0.15) is 18.9 Å². The molecule has 0 aromatic heterocycles. The third-order valence-corrected chi connectivity index (χ3v) is 2.68. The Morgan fingerprint density at radius 3 is 2.75 bits per heavy atom. The van der Waals surface area contributed by atoms with Crippen LogP contribution in [0.15, 0.2) is 30.9 Å². The quantitative estimate of drug-likeness (QED) is 0.771. The molecule has 0 amide bonds. The van der Waals surface area contributed by atoms with Gasteiger partial charge in [-0.2, -0.15) is 0 Å². The van der Waals surface area contributed by atoms with Crippen LogP contribution in [0.4, 0.5) is 5.69 Å². The molecule has 1 aromatic carbocycles. The van der Waals surface area contributed by atoms with Crippen molar-refractivity contribution >= 4 is 17.3 Å². The number of aliphatic hydroxyl groups is 1. The Kier molecular flexibility index (Phi) is 5.36. The molecule has 3 heteroatoms. The Morgan fingerprint density at radius 1 is 1.50 bits per heavy atom. The van der Waals surface area contributed by atoms with E-state index < -0.39 is 0 Å². The molecule has 1 rings (SSSR count). The van der Waals surface area contributed by atoms with E-state index in [1.54, 1.807) is 0 Å². The molecule has 0 atom stereocenters. The summed E-state index contributed by atoms with van der Waals surface area (Å²) >= 11 is 6.19. The summed E-state index contributed by atoms with van der Waals surface area (Å²) in [6.07, 6.45) is 2.93. The van der Waals surface area contributed by atoms with E-state index in [1.807, 2.05) is 24.3 Å². The molecular formula is C13H18ClNO. The molecule has 0 bridgehead atoms. The van der Waals surface area contributed by atoms with Crippen LogP contribution >= 0.6 is 11.6 Å². The first kappa shape index (κ1) is 13.1. The van der Waals surface area contributed by atoms with Crippen molar-refractivity contribution < 1.29 is 5.11 Å². The van der Waals surface area contributed by atoms with Gasteiger partial charge in [-0.3, -0.25) is 0 Å². The van der Waals surface area contributed by atoms with Crippen LogP contribution in [0, 0.1) is 0 Å². The largest absolute Gasteiger partial charge is 0.392 e. The fourth-order valence-corrected chi connectivity index (χ4v) is 1.96. The highest BCUT2D eigenvalue weighted by Crippen LogP contribution is 2.27. The topological polar surface area (TPSA) is 23.5 Å². The van der Waals surface area contributed by atoms with Gasteiger partial charge in [0.1, 0.15) is 0 Å². The second kappa shape index (κ2) is 6.56. The van der Waals surface area contributed by atoms with Crippen LogP contribution in [-0.2, 0) is 6.61 Å². The lowest BCUT2D eigenvalue weighted by atomic mass is 10.2. The summed E-state index contributed by atoms with van der Waals surface area (Å²) in [7, 11) is 0. The average molecular weight is 240 g/mol. The van der Waals surface area contributed by atoms with Crippen molar-refractivity contribution in [2.24, 2.45) is 0 Å². The van der Waals surface area contributed by atoms with Gasteiger partial charge in [0.2, 0.25) is 0 Å². The van der Waals surface area contributed by atoms with E-state index >= 15 is 0 Å². The highest BCUT2D eigenvalue weighted by molar-refractivity contribution is 6.33. The minimum atomic E-state index is 0.0231. The van der Waals surface area contributed by atoms with Gasteiger partial charge in [-0.1, -0.05) is 30.7 Å². The summed E-state index contributed by atoms with van der Waals surface area (Å²) in [4.78, 5) is 2.18. The Labute approximate surface area is 102 Å². The molecule has 0 fully saturated rings. The van der Waals surface area contributed by atoms with E-state index in [2.05, 4.69) is 18.4 Å². The molecular weight excluding hydrogens is 222 g/mol. The molecule has 0 heterocycles. The molecule has 0 aliphatic rings. The number of rotatable bonds is 6. The number of halogens is 1. The molecule has 0 unspecified atom stereocenters. The van der Waals surface area contributed by atoms with E-state index in [-0.39, 0.29) is 6.61 Å². The van der Waals surface area contributed by atoms with E-state index in [9.17, 15) is 0 Å². The molecule has 2 nitrogen and oxygen atoms in total. The maximum atomic E-state index is 9.01. The lowest BCUT2D eigenvalue weighted by Crippen LogP contribution is -2.24. The van der Waals surface area contributed by atoms with Crippen molar-refractivity contribution in [3.8, 4) is 0 Å². The predicted octanol–water partition coefficient (Wildman–Crippen LogP) is 3.23. The van der Waals surface area contributed by atoms with Crippen molar-refractivity contribution in [2.75, 3.05) is 18.0 Å². The van der Waals surface area contributed by atoms with E-state index in [4.69, 9.17) is 16.7 Å². The summed E-state index contributed by atoms with van der Waals surface area (Å²) in [6.45, 7) is 7.63.